The first-order valence-corrected chi connectivity index (χ1v) is 11.7. The Morgan fingerprint density at radius 3 is 1.76 bits per heavy atom. The molecule has 5 aromatic rings. The van der Waals surface area contributed by atoms with Crippen LogP contribution in [0.1, 0.15) is 0 Å². The number of benzene rings is 5. The van der Waals surface area contributed by atoms with E-state index >= 15 is 0 Å². The molecule has 122 valence electrons. The van der Waals surface area contributed by atoms with E-state index in [0.29, 0.717) is 0 Å². The second kappa shape index (κ2) is 5.04. The monoisotopic (exact) mass is 340 g/mol. The van der Waals surface area contributed by atoms with Crippen LogP contribution in [0.25, 0.3) is 43.1 Å². The van der Waals surface area contributed by atoms with Gasteiger partial charge in [0.1, 0.15) is 0 Å². The lowest BCUT2D eigenvalue weighted by Crippen LogP contribution is -2.44. The molecule has 2 heteroatoms. The number of rotatable bonds is 2. The van der Waals surface area contributed by atoms with Crippen molar-refractivity contribution in [3.05, 3.63) is 66.7 Å². The molecule has 1 nitrogen and oxygen atoms in total. The third kappa shape index (κ3) is 1.92. The molecule has 0 saturated carbocycles. The van der Waals surface area contributed by atoms with Crippen LogP contribution in [0.3, 0.4) is 0 Å². The molecule has 0 aliphatic rings. The molecule has 0 aromatic heterocycles. The molecule has 25 heavy (non-hydrogen) atoms. The van der Waals surface area contributed by atoms with Crippen LogP contribution in [0.2, 0.25) is 13.1 Å². The maximum atomic E-state index is 5.93. The Morgan fingerprint density at radius 2 is 1.12 bits per heavy atom. The Hall–Kier alpha value is -2.42. The zero-order valence-electron chi connectivity index (χ0n) is 14.8. The Kier molecular flexibility index (Phi) is 3.00. The van der Waals surface area contributed by atoms with Crippen molar-refractivity contribution in [1.29, 1.82) is 0 Å². The number of hydrogen-bond donors (Lipinski definition) is 0. The highest BCUT2D eigenvalue weighted by molar-refractivity contribution is 6.86. The summed E-state index contributed by atoms with van der Waals surface area (Å²) in [7, 11) is -0.0616. The summed E-state index contributed by atoms with van der Waals surface area (Å²) in [5.41, 5.74) is 0. The lowest BCUT2D eigenvalue weighted by molar-refractivity contribution is 0.416. The van der Waals surface area contributed by atoms with Crippen LogP contribution < -0.4 is 5.19 Å². The van der Waals surface area contributed by atoms with Gasteiger partial charge in [0.25, 0.3) is 0 Å². The molecule has 0 heterocycles. The van der Waals surface area contributed by atoms with Crippen LogP contribution in [0.5, 0.6) is 0 Å². The van der Waals surface area contributed by atoms with E-state index in [0.717, 1.165) is 0 Å². The van der Waals surface area contributed by atoms with Crippen molar-refractivity contribution in [3.8, 4) is 0 Å². The zero-order valence-corrected chi connectivity index (χ0v) is 15.8. The molecule has 0 N–H and O–H groups in total. The molecule has 0 atom stereocenters. The average molecular weight is 340 g/mol. The minimum absolute atomic E-state index is 1.31. The molecular formula is C23H20OSi. The van der Waals surface area contributed by atoms with Crippen molar-refractivity contribution in [2.45, 2.75) is 13.1 Å². The summed E-state index contributed by atoms with van der Waals surface area (Å²) in [5, 5.41) is 12.2. The molecule has 0 spiro atoms. The first-order chi connectivity index (χ1) is 12.1. The molecule has 0 saturated heterocycles. The molecule has 0 radical (unpaired) electrons. The van der Waals surface area contributed by atoms with Crippen molar-refractivity contribution in [2.75, 3.05) is 7.11 Å². The molecule has 0 fully saturated rings. The van der Waals surface area contributed by atoms with Gasteiger partial charge in [0.05, 0.1) is 0 Å². The minimum Gasteiger partial charge on any atom is -0.416 e. The van der Waals surface area contributed by atoms with E-state index in [9.17, 15) is 0 Å². The molecule has 0 amide bonds. The van der Waals surface area contributed by atoms with Gasteiger partial charge in [0.15, 0.2) is 0 Å². The molecular weight excluding hydrogens is 320 g/mol. The van der Waals surface area contributed by atoms with Crippen molar-refractivity contribution in [1.82, 2.24) is 0 Å². The fourth-order valence-corrected chi connectivity index (χ4v) is 5.84. The summed E-state index contributed by atoms with van der Waals surface area (Å²) in [6, 6.07) is 24.6. The van der Waals surface area contributed by atoms with E-state index in [1.807, 2.05) is 7.11 Å². The summed E-state index contributed by atoms with van der Waals surface area (Å²) in [6.45, 7) is 4.54. The van der Waals surface area contributed by atoms with Gasteiger partial charge in [0.2, 0.25) is 8.32 Å². The van der Waals surface area contributed by atoms with Gasteiger partial charge in [-0.05, 0) is 61.4 Å². The Balaban J connectivity index is 2.11. The Bertz CT molecular complexity index is 1200. The van der Waals surface area contributed by atoms with E-state index in [4.69, 9.17) is 4.43 Å². The van der Waals surface area contributed by atoms with Crippen molar-refractivity contribution in [3.63, 3.8) is 0 Å². The first kappa shape index (κ1) is 14.9. The zero-order chi connectivity index (χ0) is 17.2. The standard InChI is InChI=1S/C23H20OSi/c1-24-25(2,3)21-14-13-19-17-10-5-8-15-7-4-9-16(22(15)17)18-11-6-12-20(21)23(18)19/h4-14H,1-3H3. The van der Waals surface area contributed by atoms with Crippen LogP contribution in [0.4, 0.5) is 0 Å². The predicted octanol–water partition coefficient (Wildman–Crippen LogP) is 5.80. The summed E-state index contributed by atoms with van der Waals surface area (Å²) in [6.07, 6.45) is 0. The third-order valence-corrected chi connectivity index (χ3v) is 8.44. The highest BCUT2D eigenvalue weighted by Gasteiger charge is 2.27. The van der Waals surface area contributed by atoms with Gasteiger partial charge in [-0.2, -0.15) is 0 Å². The van der Waals surface area contributed by atoms with Gasteiger partial charge < -0.3 is 4.43 Å². The maximum absolute atomic E-state index is 5.93. The number of hydrogen-bond acceptors (Lipinski definition) is 1. The topological polar surface area (TPSA) is 9.23 Å². The Labute approximate surface area is 148 Å². The second-order valence-electron chi connectivity index (χ2n) is 7.31. The van der Waals surface area contributed by atoms with Crippen molar-refractivity contribution < 1.29 is 4.43 Å². The van der Waals surface area contributed by atoms with E-state index in [1.54, 1.807) is 0 Å². The van der Waals surface area contributed by atoms with Gasteiger partial charge in [-0.25, -0.2) is 0 Å². The lowest BCUT2D eigenvalue weighted by Gasteiger charge is -2.24. The van der Waals surface area contributed by atoms with E-state index in [1.165, 1.54) is 48.3 Å². The highest BCUT2D eigenvalue weighted by Crippen LogP contribution is 2.39. The summed E-state index contributed by atoms with van der Waals surface area (Å²) in [4.78, 5) is 0. The quantitative estimate of drug-likeness (QED) is 0.224. The molecule has 5 aromatic carbocycles. The van der Waals surface area contributed by atoms with Gasteiger partial charge in [-0.3, -0.25) is 0 Å². The molecule has 0 unspecified atom stereocenters. The van der Waals surface area contributed by atoms with Crippen LogP contribution in [0, 0.1) is 0 Å². The lowest BCUT2D eigenvalue weighted by atomic mass is 9.90. The smallest absolute Gasteiger partial charge is 0.218 e. The van der Waals surface area contributed by atoms with Gasteiger partial charge >= 0.3 is 0 Å². The molecule has 0 aliphatic carbocycles. The van der Waals surface area contributed by atoms with E-state index < -0.39 is 8.32 Å². The maximum Gasteiger partial charge on any atom is 0.218 e. The summed E-state index contributed by atoms with van der Waals surface area (Å²) < 4.78 is 5.93. The van der Waals surface area contributed by atoms with Crippen LogP contribution in [0.15, 0.2) is 66.7 Å². The van der Waals surface area contributed by atoms with Gasteiger partial charge in [-0.15, -0.1) is 0 Å². The van der Waals surface area contributed by atoms with Crippen LogP contribution in [-0.2, 0) is 4.43 Å². The fraction of sp³-hybridized carbons (Fsp3) is 0.130. The second-order valence-corrected chi connectivity index (χ2v) is 11.3. The van der Waals surface area contributed by atoms with E-state index in [-0.39, 0.29) is 0 Å². The van der Waals surface area contributed by atoms with Crippen molar-refractivity contribution in [2.24, 2.45) is 0 Å². The minimum atomic E-state index is -1.91. The third-order valence-electron chi connectivity index (χ3n) is 5.68. The SMILES string of the molecule is CO[Si](C)(C)c1ccc2c3cccc4cccc(c5cccc1c52)c43. The first-order valence-electron chi connectivity index (χ1n) is 8.76. The molecule has 0 aliphatic heterocycles. The molecule has 0 bridgehead atoms. The van der Waals surface area contributed by atoms with Gasteiger partial charge in [0, 0.05) is 7.11 Å². The summed E-state index contributed by atoms with van der Waals surface area (Å²) >= 11 is 0. The predicted molar refractivity (Wildman–Crippen MR) is 112 cm³/mol. The fourth-order valence-electron chi connectivity index (χ4n) is 4.28. The summed E-state index contributed by atoms with van der Waals surface area (Å²) in [5.74, 6) is 0. The molecule has 5 rings (SSSR count). The van der Waals surface area contributed by atoms with Gasteiger partial charge in [-0.1, -0.05) is 66.7 Å². The number of fused-ring (bicyclic) bond motifs is 2. The van der Waals surface area contributed by atoms with Crippen LogP contribution in [-0.4, -0.2) is 15.4 Å². The highest BCUT2D eigenvalue weighted by atomic mass is 28.4. The Morgan fingerprint density at radius 1 is 0.600 bits per heavy atom. The van der Waals surface area contributed by atoms with E-state index in [2.05, 4.69) is 79.8 Å². The largest absolute Gasteiger partial charge is 0.416 e. The average Bonchev–Trinajstić information content (AvgIpc) is 2.65. The van der Waals surface area contributed by atoms with Crippen molar-refractivity contribution >= 4 is 56.6 Å². The normalized spacial score (nSPS) is 12.8. The van der Waals surface area contributed by atoms with Crippen LogP contribution >= 0.6 is 0 Å².